The van der Waals surface area contributed by atoms with Crippen molar-refractivity contribution in [3.63, 3.8) is 0 Å². The zero-order valence-corrected chi connectivity index (χ0v) is 13.5. The molecule has 1 atom stereocenters. The Bertz CT molecular complexity index is 612. The van der Waals surface area contributed by atoms with E-state index in [0.29, 0.717) is 0 Å². The number of ether oxygens (including phenoxy) is 2. The first kappa shape index (κ1) is 15.4. The van der Waals surface area contributed by atoms with Crippen LogP contribution in [0.3, 0.4) is 0 Å². The molecule has 0 saturated carbocycles. The lowest BCUT2D eigenvalue weighted by Crippen LogP contribution is -2.20. The average molecular weight is 289 g/mol. The molecule has 0 spiro atoms. The van der Waals surface area contributed by atoms with Gasteiger partial charge in [-0.25, -0.2) is 0 Å². The quantitative estimate of drug-likeness (QED) is 0.918. The van der Waals surface area contributed by atoms with E-state index in [4.69, 9.17) is 9.47 Å². The predicted molar refractivity (Wildman–Crippen MR) is 83.1 cm³/mol. The Morgan fingerprint density at radius 1 is 1.10 bits per heavy atom. The van der Waals surface area contributed by atoms with Crippen LogP contribution in [0.2, 0.25) is 0 Å². The molecule has 114 valence electrons. The topological polar surface area (TPSA) is 48.3 Å². The average Bonchev–Trinajstić information content (AvgIpc) is 2.74. The van der Waals surface area contributed by atoms with Crippen molar-refractivity contribution in [1.29, 1.82) is 0 Å². The molecule has 5 heteroatoms. The summed E-state index contributed by atoms with van der Waals surface area (Å²) in [6, 6.07) is 5.79. The van der Waals surface area contributed by atoms with Crippen LogP contribution < -0.4 is 14.8 Å². The third-order valence-electron chi connectivity index (χ3n) is 3.90. The molecule has 2 aromatic rings. The molecular weight excluding hydrogens is 266 g/mol. The Morgan fingerprint density at radius 3 is 2.05 bits per heavy atom. The summed E-state index contributed by atoms with van der Waals surface area (Å²) >= 11 is 0. The largest absolute Gasteiger partial charge is 0.496 e. The van der Waals surface area contributed by atoms with E-state index in [2.05, 4.69) is 17.3 Å². The fraction of sp³-hybridized carbons (Fsp3) is 0.438. The minimum absolute atomic E-state index is 0.0372. The van der Waals surface area contributed by atoms with Gasteiger partial charge in [0, 0.05) is 18.3 Å². The minimum atomic E-state index is -0.0372. The summed E-state index contributed by atoms with van der Waals surface area (Å²) in [7, 11) is 7.24. The molecule has 1 heterocycles. The molecule has 0 saturated heterocycles. The van der Waals surface area contributed by atoms with Gasteiger partial charge in [0.25, 0.3) is 0 Å². The number of aryl methyl sites for hydroxylation is 2. The molecule has 1 aromatic heterocycles. The number of rotatable bonds is 5. The van der Waals surface area contributed by atoms with Crippen LogP contribution in [0.4, 0.5) is 0 Å². The van der Waals surface area contributed by atoms with Gasteiger partial charge >= 0.3 is 0 Å². The van der Waals surface area contributed by atoms with E-state index in [1.165, 1.54) is 0 Å². The predicted octanol–water partition coefficient (Wildman–Crippen LogP) is 2.36. The van der Waals surface area contributed by atoms with E-state index in [9.17, 15) is 0 Å². The van der Waals surface area contributed by atoms with E-state index in [1.54, 1.807) is 14.2 Å². The van der Waals surface area contributed by atoms with Gasteiger partial charge in [0.1, 0.15) is 11.5 Å². The molecule has 1 aromatic carbocycles. The highest BCUT2D eigenvalue weighted by molar-refractivity contribution is 5.52. The van der Waals surface area contributed by atoms with Crippen LogP contribution in [0.5, 0.6) is 11.5 Å². The lowest BCUT2D eigenvalue weighted by Gasteiger charge is -2.22. The standard InChI is InChI=1S/C16H23N3O2/c1-10-14(11(2)19(4)18-10)16(17-3)15-12(20-5)8-7-9-13(15)21-6/h7-9,16-17H,1-6H3. The number of methoxy groups -OCH3 is 2. The molecule has 1 N–H and O–H groups in total. The summed E-state index contributed by atoms with van der Waals surface area (Å²) in [5, 5.41) is 7.88. The molecule has 1 unspecified atom stereocenters. The number of aromatic nitrogens is 2. The number of nitrogens with zero attached hydrogens (tertiary/aromatic N) is 2. The van der Waals surface area contributed by atoms with E-state index in [0.717, 1.165) is 34.0 Å². The van der Waals surface area contributed by atoms with Crippen LogP contribution >= 0.6 is 0 Å². The molecule has 0 aliphatic rings. The first-order valence-corrected chi connectivity index (χ1v) is 6.93. The van der Waals surface area contributed by atoms with Crippen molar-refractivity contribution in [2.24, 2.45) is 7.05 Å². The highest BCUT2D eigenvalue weighted by Crippen LogP contribution is 2.38. The van der Waals surface area contributed by atoms with Gasteiger partial charge in [-0.3, -0.25) is 4.68 Å². The maximum atomic E-state index is 5.53. The fourth-order valence-electron chi connectivity index (χ4n) is 2.81. The molecule has 21 heavy (non-hydrogen) atoms. The minimum Gasteiger partial charge on any atom is -0.496 e. The van der Waals surface area contributed by atoms with Crippen molar-refractivity contribution in [3.8, 4) is 11.5 Å². The van der Waals surface area contributed by atoms with Crippen LogP contribution in [-0.2, 0) is 7.05 Å². The van der Waals surface area contributed by atoms with E-state index in [1.807, 2.05) is 43.9 Å². The van der Waals surface area contributed by atoms with Gasteiger partial charge in [0.2, 0.25) is 0 Å². The SMILES string of the molecule is CNC(c1c(OC)cccc1OC)c1c(C)nn(C)c1C. The van der Waals surface area contributed by atoms with Crippen molar-refractivity contribution >= 4 is 0 Å². The molecule has 0 radical (unpaired) electrons. The Balaban J connectivity index is 2.67. The van der Waals surface area contributed by atoms with Gasteiger partial charge in [0.15, 0.2) is 0 Å². The number of benzene rings is 1. The first-order chi connectivity index (χ1) is 10.0. The molecule has 0 aliphatic carbocycles. The van der Waals surface area contributed by atoms with Crippen molar-refractivity contribution in [3.05, 3.63) is 40.7 Å². The van der Waals surface area contributed by atoms with Gasteiger partial charge in [-0.2, -0.15) is 5.10 Å². The number of nitrogens with one attached hydrogen (secondary N) is 1. The summed E-state index contributed by atoms with van der Waals surface area (Å²) in [5.41, 5.74) is 4.27. The van der Waals surface area contributed by atoms with Gasteiger partial charge in [-0.05, 0) is 33.0 Å². The Labute approximate surface area is 125 Å². The van der Waals surface area contributed by atoms with E-state index in [-0.39, 0.29) is 6.04 Å². The number of hydrogen-bond acceptors (Lipinski definition) is 4. The normalized spacial score (nSPS) is 12.3. The van der Waals surface area contributed by atoms with Crippen LogP contribution in [0.25, 0.3) is 0 Å². The van der Waals surface area contributed by atoms with E-state index < -0.39 is 0 Å². The van der Waals surface area contributed by atoms with Crippen LogP contribution in [0.15, 0.2) is 18.2 Å². The summed E-state index contributed by atoms with van der Waals surface area (Å²) < 4.78 is 13.0. The number of hydrogen-bond donors (Lipinski definition) is 1. The van der Waals surface area contributed by atoms with Crippen LogP contribution in [0, 0.1) is 13.8 Å². The van der Waals surface area contributed by atoms with Crippen molar-refractivity contribution < 1.29 is 9.47 Å². The third kappa shape index (κ3) is 2.61. The van der Waals surface area contributed by atoms with Gasteiger partial charge in [0.05, 0.1) is 31.5 Å². The summed E-state index contributed by atoms with van der Waals surface area (Å²) in [6.45, 7) is 4.09. The smallest absolute Gasteiger partial charge is 0.127 e. The Morgan fingerprint density at radius 2 is 1.67 bits per heavy atom. The maximum absolute atomic E-state index is 5.53. The van der Waals surface area contributed by atoms with Crippen LogP contribution in [-0.4, -0.2) is 31.0 Å². The lowest BCUT2D eigenvalue weighted by atomic mass is 9.95. The van der Waals surface area contributed by atoms with Crippen molar-refractivity contribution in [1.82, 2.24) is 15.1 Å². The zero-order valence-electron chi connectivity index (χ0n) is 13.5. The first-order valence-electron chi connectivity index (χ1n) is 6.93. The molecule has 0 amide bonds. The van der Waals surface area contributed by atoms with Gasteiger partial charge in [-0.15, -0.1) is 0 Å². The molecular formula is C16H23N3O2. The van der Waals surface area contributed by atoms with Crippen molar-refractivity contribution in [2.75, 3.05) is 21.3 Å². The highest BCUT2D eigenvalue weighted by atomic mass is 16.5. The Kier molecular flexibility index (Phi) is 4.53. The van der Waals surface area contributed by atoms with E-state index >= 15 is 0 Å². The highest BCUT2D eigenvalue weighted by Gasteiger charge is 2.26. The lowest BCUT2D eigenvalue weighted by molar-refractivity contribution is 0.378. The van der Waals surface area contributed by atoms with Gasteiger partial charge < -0.3 is 14.8 Å². The fourth-order valence-corrected chi connectivity index (χ4v) is 2.81. The summed E-state index contributed by atoms with van der Waals surface area (Å²) in [5.74, 6) is 1.60. The Hall–Kier alpha value is -2.01. The molecule has 2 rings (SSSR count). The van der Waals surface area contributed by atoms with Crippen molar-refractivity contribution in [2.45, 2.75) is 19.9 Å². The molecule has 0 aliphatic heterocycles. The second-order valence-corrected chi connectivity index (χ2v) is 5.01. The molecule has 0 fully saturated rings. The zero-order chi connectivity index (χ0) is 15.6. The molecule has 5 nitrogen and oxygen atoms in total. The second kappa shape index (κ2) is 6.18. The summed E-state index contributed by atoms with van der Waals surface area (Å²) in [4.78, 5) is 0. The monoisotopic (exact) mass is 289 g/mol. The molecule has 0 bridgehead atoms. The summed E-state index contributed by atoms with van der Waals surface area (Å²) in [6.07, 6.45) is 0. The van der Waals surface area contributed by atoms with Crippen LogP contribution in [0.1, 0.15) is 28.6 Å². The maximum Gasteiger partial charge on any atom is 0.127 e. The third-order valence-corrected chi connectivity index (χ3v) is 3.90. The van der Waals surface area contributed by atoms with Gasteiger partial charge in [-0.1, -0.05) is 6.07 Å². The second-order valence-electron chi connectivity index (χ2n) is 5.01.